The van der Waals surface area contributed by atoms with Gasteiger partial charge in [-0.2, -0.15) is 0 Å². The fraction of sp³-hybridized carbons (Fsp3) is 0.833. The molecule has 0 spiro atoms. The SMILES string of the molecule is CC(C)(C)NC(=O)C(=O)C1CCCCC1. The van der Waals surface area contributed by atoms with Crippen molar-refractivity contribution in [3.05, 3.63) is 0 Å². The summed E-state index contributed by atoms with van der Waals surface area (Å²) in [6, 6.07) is 0. The molecule has 0 aromatic heterocycles. The topological polar surface area (TPSA) is 46.2 Å². The highest BCUT2D eigenvalue weighted by Gasteiger charge is 2.28. The second kappa shape index (κ2) is 4.77. The molecule has 1 rings (SSSR count). The molecule has 1 amide bonds. The standard InChI is InChI=1S/C12H21NO2/c1-12(2,3)13-11(15)10(14)9-7-5-4-6-8-9/h9H,4-8H2,1-3H3,(H,13,15). The minimum Gasteiger partial charge on any atom is -0.345 e. The summed E-state index contributed by atoms with van der Waals surface area (Å²) in [5.74, 6) is -0.653. The van der Waals surface area contributed by atoms with E-state index in [-0.39, 0.29) is 17.2 Å². The molecule has 3 heteroatoms. The lowest BCUT2D eigenvalue weighted by atomic mass is 9.86. The Balaban J connectivity index is 2.48. The molecule has 0 heterocycles. The van der Waals surface area contributed by atoms with Gasteiger partial charge in [0.15, 0.2) is 0 Å². The van der Waals surface area contributed by atoms with Crippen LogP contribution in [0.2, 0.25) is 0 Å². The summed E-state index contributed by atoms with van der Waals surface area (Å²) in [6.07, 6.45) is 5.13. The zero-order valence-electron chi connectivity index (χ0n) is 9.93. The number of hydrogen-bond donors (Lipinski definition) is 1. The summed E-state index contributed by atoms with van der Waals surface area (Å²) < 4.78 is 0. The van der Waals surface area contributed by atoms with Gasteiger partial charge >= 0.3 is 0 Å². The summed E-state index contributed by atoms with van der Waals surface area (Å²) in [7, 11) is 0. The van der Waals surface area contributed by atoms with Gasteiger partial charge in [0.1, 0.15) is 0 Å². The summed E-state index contributed by atoms with van der Waals surface area (Å²) in [5, 5.41) is 2.73. The highest BCUT2D eigenvalue weighted by atomic mass is 16.2. The fourth-order valence-electron chi connectivity index (χ4n) is 1.95. The Bertz CT molecular complexity index is 247. The lowest BCUT2D eigenvalue weighted by Crippen LogP contribution is -2.46. The summed E-state index contributed by atoms with van der Waals surface area (Å²) in [4.78, 5) is 23.4. The molecule has 1 aliphatic rings. The third kappa shape index (κ3) is 4.02. The Morgan fingerprint density at radius 1 is 1.07 bits per heavy atom. The van der Waals surface area contributed by atoms with Crippen LogP contribution in [0.5, 0.6) is 0 Å². The average Bonchev–Trinajstić information content (AvgIpc) is 2.15. The molecule has 3 nitrogen and oxygen atoms in total. The third-order valence-corrected chi connectivity index (χ3v) is 2.69. The third-order valence-electron chi connectivity index (χ3n) is 2.69. The van der Waals surface area contributed by atoms with E-state index >= 15 is 0 Å². The van der Waals surface area contributed by atoms with Gasteiger partial charge in [0.25, 0.3) is 5.91 Å². The number of ketones is 1. The van der Waals surface area contributed by atoms with Gasteiger partial charge in [-0.1, -0.05) is 19.3 Å². The number of nitrogens with one attached hydrogen (secondary N) is 1. The van der Waals surface area contributed by atoms with E-state index in [1.807, 2.05) is 20.8 Å². The predicted molar refractivity (Wildman–Crippen MR) is 59.5 cm³/mol. The molecule has 0 aliphatic heterocycles. The first-order chi connectivity index (χ1) is 6.90. The highest BCUT2D eigenvalue weighted by molar-refractivity contribution is 6.37. The van der Waals surface area contributed by atoms with E-state index in [0.717, 1.165) is 25.7 Å². The molecule has 1 N–H and O–H groups in total. The van der Waals surface area contributed by atoms with Gasteiger partial charge in [-0.15, -0.1) is 0 Å². The Morgan fingerprint density at radius 3 is 2.07 bits per heavy atom. The van der Waals surface area contributed by atoms with E-state index < -0.39 is 5.91 Å². The maximum atomic E-state index is 11.8. The number of rotatable bonds is 2. The molecular weight excluding hydrogens is 190 g/mol. The first kappa shape index (κ1) is 12.2. The van der Waals surface area contributed by atoms with Crippen molar-refractivity contribution in [2.24, 2.45) is 5.92 Å². The van der Waals surface area contributed by atoms with Crippen LogP contribution in [-0.4, -0.2) is 17.2 Å². The number of carbonyl (C=O) groups is 2. The first-order valence-corrected chi connectivity index (χ1v) is 5.76. The smallest absolute Gasteiger partial charge is 0.288 e. The van der Waals surface area contributed by atoms with Crippen LogP contribution in [0.25, 0.3) is 0 Å². The molecule has 0 saturated heterocycles. The lowest BCUT2D eigenvalue weighted by molar-refractivity contribution is -0.141. The van der Waals surface area contributed by atoms with Crippen molar-refractivity contribution in [1.29, 1.82) is 0 Å². The molecular formula is C12H21NO2. The fourth-order valence-corrected chi connectivity index (χ4v) is 1.95. The van der Waals surface area contributed by atoms with Crippen LogP contribution in [-0.2, 0) is 9.59 Å². The van der Waals surface area contributed by atoms with Crippen molar-refractivity contribution >= 4 is 11.7 Å². The quantitative estimate of drug-likeness (QED) is 0.710. The van der Waals surface area contributed by atoms with Crippen LogP contribution in [0.1, 0.15) is 52.9 Å². The minimum absolute atomic E-state index is 0.0268. The zero-order chi connectivity index (χ0) is 11.5. The van der Waals surface area contributed by atoms with Gasteiger partial charge in [-0.3, -0.25) is 9.59 Å². The molecule has 1 saturated carbocycles. The Morgan fingerprint density at radius 2 is 1.60 bits per heavy atom. The maximum Gasteiger partial charge on any atom is 0.288 e. The molecule has 0 unspecified atom stereocenters. The largest absolute Gasteiger partial charge is 0.345 e. The van der Waals surface area contributed by atoms with Crippen LogP contribution in [0.4, 0.5) is 0 Å². The van der Waals surface area contributed by atoms with Gasteiger partial charge in [0.2, 0.25) is 5.78 Å². The van der Waals surface area contributed by atoms with Crippen LogP contribution < -0.4 is 5.32 Å². The average molecular weight is 211 g/mol. The van der Waals surface area contributed by atoms with E-state index in [0.29, 0.717) is 0 Å². The van der Waals surface area contributed by atoms with Crippen LogP contribution >= 0.6 is 0 Å². The van der Waals surface area contributed by atoms with E-state index in [1.54, 1.807) is 0 Å². The van der Waals surface area contributed by atoms with Gasteiger partial charge in [-0.25, -0.2) is 0 Å². The molecule has 86 valence electrons. The summed E-state index contributed by atoms with van der Waals surface area (Å²) in [5.41, 5.74) is -0.318. The second-order valence-corrected chi connectivity index (χ2v) is 5.40. The summed E-state index contributed by atoms with van der Waals surface area (Å²) >= 11 is 0. The molecule has 0 bridgehead atoms. The molecule has 0 radical (unpaired) electrons. The Hall–Kier alpha value is -0.860. The van der Waals surface area contributed by atoms with Crippen molar-refractivity contribution in [1.82, 2.24) is 5.32 Å². The van der Waals surface area contributed by atoms with Crippen molar-refractivity contribution in [3.8, 4) is 0 Å². The normalized spacial score (nSPS) is 18.6. The van der Waals surface area contributed by atoms with Crippen LogP contribution in [0, 0.1) is 5.92 Å². The molecule has 1 fully saturated rings. The van der Waals surface area contributed by atoms with Crippen molar-refractivity contribution in [2.75, 3.05) is 0 Å². The number of carbonyl (C=O) groups excluding carboxylic acids is 2. The molecule has 0 aromatic carbocycles. The van der Waals surface area contributed by atoms with Crippen LogP contribution in [0.15, 0.2) is 0 Å². The number of hydrogen-bond acceptors (Lipinski definition) is 2. The van der Waals surface area contributed by atoms with Crippen molar-refractivity contribution < 1.29 is 9.59 Å². The Kier molecular flexibility index (Phi) is 3.89. The lowest BCUT2D eigenvalue weighted by Gasteiger charge is -2.23. The zero-order valence-corrected chi connectivity index (χ0v) is 9.93. The van der Waals surface area contributed by atoms with Gasteiger partial charge in [0.05, 0.1) is 0 Å². The van der Waals surface area contributed by atoms with Gasteiger partial charge in [0, 0.05) is 11.5 Å². The second-order valence-electron chi connectivity index (χ2n) is 5.40. The first-order valence-electron chi connectivity index (χ1n) is 5.76. The summed E-state index contributed by atoms with van der Waals surface area (Å²) in [6.45, 7) is 5.66. The number of amides is 1. The van der Waals surface area contributed by atoms with E-state index in [4.69, 9.17) is 0 Å². The van der Waals surface area contributed by atoms with E-state index in [1.165, 1.54) is 6.42 Å². The molecule has 0 atom stereocenters. The van der Waals surface area contributed by atoms with Crippen molar-refractivity contribution in [3.63, 3.8) is 0 Å². The highest BCUT2D eigenvalue weighted by Crippen LogP contribution is 2.24. The molecule has 15 heavy (non-hydrogen) atoms. The number of Topliss-reactive ketones (excluding diaryl/α,β-unsaturated/α-hetero) is 1. The Labute approximate surface area is 91.6 Å². The van der Waals surface area contributed by atoms with Gasteiger partial charge in [-0.05, 0) is 33.6 Å². The van der Waals surface area contributed by atoms with E-state index in [2.05, 4.69) is 5.32 Å². The molecule has 1 aliphatic carbocycles. The van der Waals surface area contributed by atoms with Gasteiger partial charge < -0.3 is 5.32 Å². The van der Waals surface area contributed by atoms with Crippen LogP contribution in [0.3, 0.4) is 0 Å². The maximum absolute atomic E-state index is 11.8. The monoisotopic (exact) mass is 211 g/mol. The van der Waals surface area contributed by atoms with Crippen molar-refractivity contribution in [2.45, 2.75) is 58.4 Å². The molecule has 0 aromatic rings. The van der Waals surface area contributed by atoms with E-state index in [9.17, 15) is 9.59 Å². The minimum atomic E-state index is -0.408. The predicted octanol–water partition coefficient (Wildman–Crippen LogP) is 2.05.